The summed E-state index contributed by atoms with van der Waals surface area (Å²) < 4.78 is 19.0. The highest BCUT2D eigenvalue weighted by atomic mass is 31.2. The summed E-state index contributed by atoms with van der Waals surface area (Å²) in [5.74, 6) is 1.60. The van der Waals surface area contributed by atoms with Crippen LogP contribution in [0.15, 0.2) is 35.6 Å². The van der Waals surface area contributed by atoms with E-state index in [4.69, 9.17) is 15.5 Å². The van der Waals surface area contributed by atoms with Crippen molar-refractivity contribution in [3.05, 3.63) is 41.7 Å². The van der Waals surface area contributed by atoms with E-state index in [0.29, 0.717) is 35.4 Å². The Balaban J connectivity index is 1.25. The highest BCUT2D eigenvalue weighted by molar-refractivity contribution is 7.58. The van der Waals surface area contributed by atoms with Crippen LogP contribution in [0, 0.1) is 5.92 Å². The average Bonchev–Trinajstić information content (AvgIpc) is 3.35. The first-order valence-corrected chi connectivity index (χ1v) is 14.4. The van der Waals surface area contributed by atoms with Crippen LogP contribution in [-0.4, -0.2) is 38.0 Å². The largest absolute Gasteiger partial charge is 0.463 e. The number of nitrogens with two attached hydrogens (primary N) is 1. The van der Waals surface area contributed by atoms with E-state index in [1.54, 1.807) is 0 Å². The van der Waals surface area contributed by atoms with E-state index in [9.17, 15) is 9.46 Å². The number of fused-ring (bicyclic) bond motifs is 1. The van der Waals surface area contributed by atoms with Crippen molar-refractivity contribution in [2.24, 2.45) is 10.9 Å². The molecule has 2 saturated carbocycles. The van der Waals surface area contributed by atoms with Crippen molar-refractivity contribution < 1.29 is 14.2 Å². The van der Waals surface area contributed by atoms with Crippen molar-refractivity contribution in [3.8, 4) is 5.88 Å². The minimum Gasteiger partial charge on any atom is -0.463 e. The van der Waals surface area contributed by atoms with Crippen LogP contribution in [0.4, 0.5) is 11.5 Å². The van der Waals surface area contributed by atoms with Gasteiger partial charge in [0.2, 0.25) is 13.2 Å². The second-order valence-corrected chi connectivity index (χ2v) is 13.3. The van der Waals surface area contributed by atoms with Crippen LogP contribution in [-0.2, 0) is 4.57 Å². The summed E-state index contributed by atoms with van der Waals surface area (Å²) in [5, 5.41) is 0. The molecule has 2 aromatic rings. The Bertz CT molecular complexity index is 1120. The maximum absolute atomic E-state index is 12.9. The molecule has 0 radical (unpaired) electrons. The first-order valence-electron chi connectivity index (χ1n) is 12.5. The van der Waals surface area contributed by atoms with Gasteiger partial charge in [-0.05, 0) is 69.8 Å². The number of hydrogen-bond acceptors (Lipinski definition) is 6. The highest BCUT2D eigenvalue weighted by Crippen LogP contribution is 2.55. The second-order valence-electron chi connectivity index (χ2n) is 10.7. The van der Waals surface area contributed by atoms with Gasteiger partial charge in [0.1, 0.15) is 11.9 Å². The van der Waals surface area contributed by atoms with E-state index in [1.807, 2.05) is 13.8 Å². The van der Waals surface area contributed by atoms with E-state index < -0.39 is 13.0 Å². The fourth-order valence-electron chi connectivity index (χ4n) is 5.92. The van der Waals surface area contributed by atoms with Crippen LogP contribution >= 0.6 is 7.37 Å². The van der Waals surface area contributed by atoms with Crippen molar-refractivity contribution in [3.63, 3.8) is 0 Å². The molecule has 0 saturated heterocycles. The zero-order valence-corrected chi connectivity index (χ0v) is 21.0. The molecular weight excluding hydrogens is 447 g/mol. The molecule has 7 nitrogen and oxygen atoms in total. The molecule has 1 atom stereocenters. The lowest BCUT2D eigenvalue weighted by Crippen LogP contribution is -2.41. The van der Waals surface area contributed by atoms with Gasteiger partial charge in [0.25, 0.3) is 0 Å². The molecule has 1 aromatic heterocycles. The Kier molecular flexibility index (Phi) is 6.28. The lowest BCUT2D eigenvalue weighted by atomic mass is 9.79. The molecule has 0 spiro atoms. The number of ether oxygens (including phenoxy) is 1. The minimum absolute atomic E-state index is 0.0579. The fourth-order valence-corrected chi connectivity index (χ4v) is 8.50. The van der Waals surface area contributed by atoms with Crippen LogP contribution in [0.25, 0.3) is 0 Å². The third-order valence-electron chi connectivity index (χ3n) is 7.88. The summed E-state index contributed by atoms with van der Waals surface area (Å²) >= 11 is 0. The quantitative estimate of drug-likeness (QED) is 0.518. The number of aliphatic imine (C=N–C) groups is 1. The summed E-state index contributed by atoms with van der Waals surface area (Å²) in [6, 6.07) is 8.60. The molecule has 1 unspecified atom stereocenters. The van der Waals surface area contributed by atoms with Crippen LogP contribution in [0.1, 0.15) is 82.3 Å². The van der Waals surface area contributed by atoms with Crippen molar-refractivity contribution in [1.29, 1.82) is 0 Å². The zero-order chi connectivity index (χ0) is 23.9. The predicted octanol–water partition coefficient (Wildman–Crippen LogP) is 5.84. The molecule has 34 heavy (non-hydrogen) atoms. The Labute approximate surface area is 201 Å². The Morgan fingerprint density at radius 3 is 2.41 bits per heavy atom. The molecular formula is C26H35N4O3P. The molecule has 2 fully saturated rings. The lowest BCUT2D eigenvalue weighted by molar-refractivity contribution is 0.171. The van der Waals surface area contributed by atoms with Gasteiger partial charge in [0.05, 0.1) is 5.71 Å². The smallest absolute Gasteiger partial charge is 0.246 e. The highest BCUT2D eigenvalue weighted by Gasteiger charge is 2.37. The van der Waals surface area contributed by atoms with Gasteiger partial charge in [-0.15, -0.1) is 0 Å². The first-order chi connectivity index (χ1) is 16.2. The summed E-state index contributed by atoms with van der Waals surface area (Å²) in [7, 11) is -3.00. The Morgan fingerprint density at radius 2 is 1.74 bits per heavy atom. The molecule has 0 bridgehead atoms. The molecule has 0 amide bonds. The van der Waals surface area contributed by atoms with Crippen LogP contribution in [0.5, 0.6) is 5.88 Å². The second kappa shape index (κ2) is 9.09. The Morgan fingerprint density at radius 1 is 1.06 bits per heavy atom. The van der Waals surface area contributed by atoms with Crippen molar-refractivity contribution in [1.82, 2.24) is 9.97 Å². The number of benzene rings is 1. The van der Waals surface area contributed by atoms with E-state index in [2.05, 4.69) is 34.2 Å². The molecule has 1 aliphatic heterocycles. The van der Waals surface area contributed by atoms with Gasteiger partial charge in [-0.2, -0.15) is 4.98 Å². The number of anilines is 1. The molecule has 3 aliphatic rings. The van der Waals surface area contributed by atoms with E-state index in [0.717, 1.165) is 62.6 Å². The van der Waals surface area contributed by atoms with Gasteiger partial charge in [0, 0.05) is 17.4 Å². The molecule has 3 N–H and O–H groups in total. The monoisotopic (exact) mass is 482 g/mol. The van der Waals surface area contributed by atoms with Crippen LogP contribution in [0.3, 0.4) is 0 Å². The number of nitrogens with zero attached hydrogens (tertiary/aromatic N) is 3. The maximum atomic E-state index is 12.9. The van der Waals surface area contributed by atoms with Gasteiger partial charge in [-0.1, -0.05) is 37.1 Å². The van der Waals surface area contributed by atoms with Crippen LogP contribution in [0.2, 0.25) is 0 Å². The van der Waals surface area contributed by atoms with Crippen molar-refractivity contribution >= 4 is 24.6 Å². The third-order valence-corrected chi connectivity index (χ3v) is 10.6. The van der Waals surface area contributed by atoms with Gasteiger partial charge >= 0.3 is 0 Å². The molecule has 1 aromatic carbocycles. The summed E-state index contributed by atoms with van der Waals surface area (Å²) in [6.45, 7) is 3.96. The van der Waals surface area contributed by atoms with Crippen molar-refractivity contribution in [2.75, 3.05) is 11.9 Å². The number of aromatic nitrogens is 2. The SMILES string of the molecule is CC1(C)Oc2ncnc(N)c2N=C1c1ccc(C2CCC(CP(=O)(O)C3CCCC3)CC2)cc1. The van der Waals surface area contributed by atoms with Gasteiger partial charge in [-0.25, -0.2) is 9.98 Å². The molecule has 2 aliphatic carbocycles. The Hall–Kier alpha value is -2.24. The average molecular weight is 483 g/mol. The van der Waals surface area contributed by atoms with E-state index in [-0.39, 0.29) is 5.66 Å². The third kappa shape index (κ3) is 4.65. The summed E-state index contributed by atoms with van der Waals surface area (Å²) in [6.07, 6.45) is 10.2. The minimum atomic E-state index is -3.00. The predicted molar refractivity (Wildman–Crippen MR) is 135 cm³/mol. The normalized spacial score (nSPS) is 26.3. The molecule has 2 heterocycles. The number of nitrogen functional groups attached to an aromatic ring is 1. The van der Waals surface area contributed by atoms with Gasteiger partial charge in [-0.3, -0.25) is 4.57 Å². The topological polar surface area (TPSA) is 111 Å². The first kappa shape index (κ1) is 23.5. The molecule has 5 rings (SSSR count). The summed E-state index contributed by atoms with van der Waals surface area (Å²) in [4.78, 5) is 23.6. The molecule has 182 valence electrons. The van der Waals surface area contributed by atoms with Gasteiger partial charge in [0.15, 0.2) is 11.5 Å². The number of rotatable bonds is 5. The number of hydrogen-bond donors (Lipinski definition) is 2. The lowest BCUT2D eigenvalue weighted by Gasteiger charge is -2.33. The van der Waals surface area contributed by atoms with Gasteiger partial charge < -0.3 is 15.4 Å². The molecule has 8 heteroatoms. The van der Waals surface area contributed by atoms with E-state index >= 15 is 0 Å². The standard InChI is InChI=1S/C26H35N4O3P/c1-26(2)23(30-22-24(27)28-16-29-25(22)33-26)20-13-11-19(12-14-20)18-9-7-17(8-10-18)15-34(31,32)21-5-3-4-6-21/h11-14,16-18,21H,3-10,15H2,1-2H3,(H,31,32)(H2,27,28,29). The summed E-state index contributed by atoms with van der Waals surface area (Å²) in [5.41, 5.74) is 9.04. The van der Waals surface area contributed by atoms with Crippen molar-refractivity contribution in [2.45, 2.75) is 82.4 Å². The maximum Gasteiger partial charge on any atom is 0.246 e. The fraction of sp³-hybridized carbons (Fsp3) is 0.577. The zero-order valence-electron chi connectivity index (χ0n) is 20.1. The van der Waals surface area contributed by atoms with Crippen LogP contribution < -0.4 is 10.5 Å². The van der Waals surface area contributed by atoms with E-state index in [1.165, 1.54) is 11.9 Å².